The molecular weight excluding hydrogens is 462 g/mol. The van der Waals surface area contributed by atoms with Gasteiger partial charge in [0, 0.05) is 95.8 Å². The molecule has 37 heavy (non-hydrogen) atoms. The van der Waals surface area contributed by atoms with E-state index >= 15 is 0 Å². The minimum absolute atomic E-state index is 0.232. The molecule has 0 bridgehead atoms. The first-order valence-electron chi connectivity index (χ1n) is 15.3. The zero-order valence-electron chi connectivity index (χ0n) is 26.9. The second-order valence-electron chi connectivity index (χ2n) is 12.3. The molecule has 0 aromatic heterocycles. The molecule has 7 nitrogen and oxygen atoms in total. The van der Waals surface area contributed by atoms with Crippen LogP contribution in [0.2, 0.25) is 0 Å². The number of piperazine rings is 1. The zero-order valence-corrected chi connectivity index (χ0v) is 26.9. The van der Waals surface area contributed by atoms with Crippen molar-refractivity contribution in [3.05, 3.63) is 0 Å². The normalized spacial score (nSPS) is 18.2. The average Bonchev–Trinajstić information content (AvgIpc) is 2.80. The minimum Gasteiger partial charge on any atom is -0.376 e. The van der Waals surface area contributed by atoms with E-state index in [1.807, 2.05) is 0 Å². The molecule has 7 heteroatoms. The predicted molar refractivity (Wildman–Crippen MR) is 160 cm³/mol. The van der Waals surface area contributed by atoms with E-state index in [1.54, 1.807) is 0 Å². The first-order valence-corrected chi connectivity index (χ1v) is 15.3. The summed E-state index contributed by atoms with van der Waals surface area (Å²) in [5, 5.41) is 0. The lowest BCUT2D eigenvalue weighted by Crippen LogP contribution is -2.55. The molecule has 0 aromatic carbocycles. The third-order valence-electron chi connectivity index (χ3n) is 7.76. The summed E-state index contributed by atoms with van der Waals surface area (Å²) in [6, 6.07) is 2.62. The van der Waals surface area contributed by atoms with Gasteiger partial charge >= 0.3 is 0 Å². The molecule has 1 aliphatic rings. The van der Waals surface area contributed by atoms with Crippen LogP contribution < -0.4 is 0 Å². The molecule has 0 amide bonds. The van der Waals surface area contributed by atoms with Gasteiger partial charge in [-0.3, -0.25) is 24.5 Å². The van der Waals surface area contributed by atoms with Gasteiger partial charge in [0.1, 0.15) is 0 Å². The van der Waals surface area contributed by atoms with E-state index < -0.39 is 0 Å². The van der Waals surface area contributed by atoms with E-state index in [-0.39, 0.29) is 12.2 Å². The summed E-state index contributed by atoms with van der Waals surface area (Å²) in [6.45, 7) is 38.3. The lowest BCUT2D eigenvalue weighted by molar-refractivity contribution is -0.0330. The van der Waals surface area contributed by atoms with Crippen LogP contribution in [0.25, 0.3) is 0 Å². The fourth-order valence-corrected chi connectivity index (χ4v) is 5.66. The highest BCUT2D eigenvalue weighted by Crippen LogP contribution is 2.14. The van der Waals surface area contributed by atoms with Crippen LogP contribution in [0.4, 0.5) is 0 Å². The van der Waals surface area contributed by atoms with Crippen molar-refractivity contribution in [2.24, 2.45) is 0 Å². The Morgan fingerprint density at radius 1 is 0.541 bits per heavy atom. The van der Waals surface area contributed by atoms with Crippen LogP contribution in [-0.2, 0) is 9.47 Å². The maximum absolute atomic E-state index is 6.26. The van der Waals surface area contributed by atoms with Crippen molar-refractivity contribution in [1.29, 1.82) is 0 Å². The van der Waals surface area contributed by atoms with Gasteiger partial charge in [-0.25, -0.2) is 0 Å². The van der Waals surface area contributed by atoms with Crippen LogP contribution in [0.5, 0.6) is 0 Å². The Morgan fingerprint density at radius 2 is 0.946 bits per heavy atom. The van der Waals surface area contributed by atoms with Crippen molar-refractivity contribution in [2.45, 2.75) is 126 Å². The van der Waals surface area contributed by atoms with Gasteiger partial charge in [-0.1, -0.05) is 0 Å². The zero-order chi connectivity index (χ0) is 28.1. The summed E-state index contributed by atoms with van der Waals surface area (Å²) in [4.78, 5) is 13.0. The summed E-state index contributed by atoms with van der Waals surface area (Å²) in [5.41, 5.74) is 0. The number of hydrogen-bond acceptors (Lipinski definition) is 7. The molecule has 1 rings (SSSR count). The molecule has 0 radical (unpaired) electrons. The van der Waals surface area contributed by atoms with Gasteiger partial charge in [0.15, 0.2) is 0 Å². The summed E-state index contributed by atoms with van der Waals surface area (Å²) in [6.07, 6.45) is 0.501. The second kappa shape index (κ2) is 18.1. The van der Waals surface area contributed by atoms with Crippen molar-refractivity contribution in [3.63, 3.8) is 0 Å². The maximum atomic E-state index is 6.26. The monoisotopic (exact) mass is 528 g/mol. The second-order valence-corrected chi connectivity index (χ2v) is 12.3. The average molecular weight is 528 g/mol. The van der Waals surface area contributed by atoms with Crippen LogP contribution in [0.3, 0.4) is 0 Å². The molecule has 0 spiro atoms. The van der Waals surface area contributed by atoms with E-state index in [9.17, 15) is 0 Å². The predicted octanol–water partition coefficient (Wildman–Crippen LogP) is 4.32. The quantitative estimate of drug-likeness (QED) is 0.247. The molecule has 1 aliphatic heterocycles. The van der Waals surface area contributed by atoms with Crippen molar-refractivity contribution < 1.29 is 9.47 Å². The van der Waals surface area contributed by atoms with Crippen LogP contribution in [0.15, 0.2) is 0 Å². The largest absolute Gasteiger partial charge is 0.376 e. The highest BCUT2D eigenvalue weighted by Gasteiger charge is 2.27. The topological polar surface area (TPSA) is 34.7 Å². The highest BCUT2D eigenvalue weighted by atomic mass is 16.5. The molecule has 2 unspecified atom stereocenters. The van der Waals surface area contributed by atoms with Crippen molar-refractivity contribution in [3.8, 4) is 0 Å². The maximum Gasteiger partial charge on any atom is 0.0829 e. The van der Waals surface area contributed by atoms with Gasteiger partial charge in [0.2, 0.25) is 0 Å². The molecule has 0 aromatic rings. The molecule has 0 N–H and O–H groups in total. The molecule has 1 fully saturated rings. The first-order chi connectivity index (χ1) is 17.4. The lowest BCUT2D eigenvalue weighted by atomic mass is 10.1. The van der Waals surface area contributed by atoms with E-state index in [1.165, 1.54) is 0 Å². The van der Waals surface area contributed by atoms with Crippen LogP contribution >= 0.6 is 0 Å². The molecule has 1 heterocycles. The van der Waals surface area contributed by atoms with E-state index in [0.29, 0.717) is 30.2 Å². The Balaban J connectivity index is 2.68. The van der Waals surface area contributed by atoms with Crippen LogP contribution in [0.1, 0.15) is 83.1 Å². The van der Waals surface area contributed by atoms with Gasteiger partial charge in [0.25, 0.3) is 0 Å². The third-order valence-corrected chi connectivity index (χ3v) is 7.76. The number of ether oxygens (including phenoxy) is 2. The van der Waals surface area contributed by atoms with Gasteiger partial charge < -0.3 is 9.47 Å². The summed E-state index contributed by atoms with van der Waals surface area (Å²) in [7, 11) is 0. The Bertz CT molecular complexity index is 548. The summed E-state index contributed by atoms with van der Waals surface area (Å²) < 4.78 is 12.5. The Labute approximate surface area is 231 Å². The number of nitrogens with zero attached hydrogens (tertiary/aromatic N) is 5. The first kappa shape index (κ1) is 34.7. The Hall–Kier alpha value is -0.280. The SMILES string of the molecule is CCOC(CN1CCN(CN(CC(CN(C(C)C)C(C)C)OCC)C(C)C)CC1)CN(C(C)C)C(C)C. The van der Waals surface area contributed by atoms with Gasteiger partial charge in [-0.15, -0.1) is 0 Å². The van der Waals surface area contributed by atoms with Crippen LogP contribution in [0, 0.1) is 0 Å². The molecule has 1 saturated heterocycles. The lowest BCUT2D eigenvalue weighted by Gasteiger charge is -2.42. The van der Waals surface area contributed by atoms with Crippen LogP contribution in [-0.4, -0.2) is 139 Å². The standard InChI is InChI=1S/C30H65N5O2/c1-13-36-29(21-34(25(5)6)26(7)8)19-31-15-17-32(18-16-31)23-33(24(3)4)20-30(37-14-2)22-35(27(9)10)28(11)12/h24-30H,13-23H2,1-12H3. The van der Waals surface area contributed by atoms with Crippen molar-refractivity contribution in [1.82, 2.24) is 24.5 Å². The van der Waals surface area contributed by atoms with Crippen molar-refractivity contribution >= 4 is 0 Å². The van der Waals surface area contributed by atoms with Crippen molar-refractivity contribution in [2.75, 3.05) is 72.2 Å². The van der Waals surface area contributed by atoms with E-state index in [0.717, 1.165) is 72.2 Å². The summed E-state index contributed by atoms with van der Waals surface area (Å²) >= 11 is 0. The molecule has 0 aliphatic carbocycles. The number of rotatable bonds is 19. The molecule has 2 atom stereocenters. The third kappa shape index (κ3) is 13.1. The smallest absolute Gasteiger partial charge is 0.0829 e. The molecule has 222 valence electrons. The van der Waals surface area contributed by atoms with E-state index in [2.05, 4.69) is 108 Å². The van der Waals surface area contributed by atoms with Gasteiger partial charge in [-0.2, -0.15) is 0 Å². The Kier molecular flexibility index (Phi) is 17.0. The minimum atomic E-state index is 0.232. The molecular formula is C30H65N5O2. The highest BCUT2D eigenvalue weighted by molar-refractivity contribution is 4.81. The molecule has 0 saturated carbocycles. The van der Waals surface area contributed by atoms with Gasteiger partial charge in [0.05, 0.1) is 18.9 Å². The fraction of sp³-hybridized carbons (Fsp3) is 1.00. The number of hydrogen-bond donors (Lipinski definition) is 0. The van der Waals surface area contributed by atoms with Gasteiger partial charge in [-0.05, 0) is 83.1 Å². The Morgan fingerprint density at radius 3 is 1.35 bits per heavy atom. The van der Waals surface area contributed by atoms with E-state index in [4.69, 9.17) is 9.47 Å². The summed E-state index contributed by atoms with van der Waals surface area (Å²) in [5.74, 6) is 0. The fourth-order valence-electron chi connectivity index (χ4n) is 5.66.